The number of hydrogen-bond donors (Lipinski definition) is 0. The molecule has 0 N–H and O–H groups in total. The fourth-order valence-corrected chi connectivity index (χ4v) is 7.03. The van der Waals surface area contributed by atoms with Gasteiger partial charge in [0.05, 0.1) is 5.58 Å². The van der Waals surface area contributed by atoms with E-state index in [1.165, 1.54) is 42.6 Å². The molecule has 0 bridgehead atoms. The fourth-order valence-electron chi connectivity index (χ4n) is 7.03. The molecule has 0 fully saturated rings. The monoisotopic (exact) mass is 977 g/mol. The van der Waals surface area contributed by atoms with Crippen molar-refractivity contribution >= 4 is 21.9 Å². The zero-order chi connectivity index (χ0) is 56.4. The van der Waals surface area contributed by atoms with Crippen molar-refractivity contribution < 1.29 is 49.2 Å². The smallest absolute Gasteiger partial charge is 0.123 e. The molecule has 0 aliphatic carbocycles. The van der Waals surface area contributed by atoms with Gasteiger partial charge in [-0.25, -0.2) is 0 Å². The van der Waals surface area contributed by atoms with Gasteiger partial charge in [-0.1, -0.05) is 147 Å². The third-order valence-electron chi connectivity index (χ3n) is 10.2. The standard InChI is InChI=1S/C37H34NO.C19H16N.Ir/c1-22-10-8-11-28-29-12-9-13-30(36(29)39-35(22)28)34-20-33(25(4)21-38-34)32-19-23(2)31(18-24(32)3)26-14-16-27(17-15-26)37(5,6)7;1-14-8-11-19(20-13-14)17-10-9-15(2)18(12-17)16-6-4-3-5-7-16;/h8-12,14-21H,1-7H3;3-9,11-13H,1-2H3;/q2*-1;/i1D3,2D3,3D3,4D3;1D3,2D3;. The van der Waals surface area contributed by atoms with Crippen LogP contribution in [0, 0.1) is 53.2 Å². The maximum absolute atomic E-state index is 8.52. The second-order valence-corrected chi connectivity index (χ2v) is 15.2. The number of pyridine rings is 2. The van der Waals surface area contributed by atoms with Crippen LogP contribution in [0.1, 0.15) is 84.4 Å². The van der Waals surface area contributed by atoms with E-state index in [1.807, 2.05) is 63.2 Å². The SMILES string of the molecule is [2H]C([2H])([2H])c1cc(-c2cc(-c3[c-]ccc4c3oc3c(C([2H])([2H])[2H])cccc34)ncc2C([2H])([2H])[2H])c(C([2H])([2H])[2H])cc1-c1ccc(C(C)(C)C)cc1.[2H]C([2H])([2H])c1ccc(-c2[c-]cc(C([2H])([2H])[2H])c(-c3ccccc3)c2)nc1.[Ir]. The van der Waals surface area contributed by atoms with E-state index in [1.54, 1.807) is 48.5 Å². The van der Waals surface area contributed by atoms with Crippen LogP contribution in [-0.2, 0) is 25.5 Å². The summed E-state index contributed by atoms with van der Waals surface area (Å²) in [7, 11) is 0. The van der Waals surface area contributed by atoms with Crippen molar-refractivity contribution in [1.29, 1.82) is 0 Å². The van der Waals surface area contributed by atoms with Crippen LogP contribution in [0.3, 0.4) is 0 Å². The summed E-state index contributed by atoms with van der Waals surface area (Å²) in [5.41, 5.74) is 4.47. The van der Waals surface area contributed by atoms with Crippen LogP contribution in [0.4, 0.5) is 0 Å². The first-order valence-electron chi connectivity index (χ1n) is 27.9. The summed E-state index contributed by atoms with van der Waals surface area (Å²) in [4.78, 5) is 8.65. The van der Waals surface area contributed by atoms with E-state index in [4.69, 9.17) is 29.1 Å². The van der Waals surface area contributed by atoms with Gasteiger partial charge in [-0.05, 0) is 112 Å². The first-order valence-corrected chi connectivity index (χ1v) is 18.9. The predicted molar refractivity (Wildman–Crippen MR) is 248 cm³/mol. The zero-order valence-electron chi connectivity index (χ0n) is 50.9. The van der Waals surface area contributed by atoms with E-state index in [-0.39, 0.29) is 98.0 Å². The Hall–Kier alpha value is -5.93. The molecular weight excluding hydrogens is 909 g/mol. The van der Waals surface area contributed by atoms with Crippen molar-refractivity contribution in [3.05, 3.63) is 191 Å². The third kappa shape index (κ3) is 8.54. The van der Waals surface area contributed by atoms with E-state index in [0.29, 0.717) is 33.2 Å². The normalized spacial score (nSPS) is 17.0. The molecule has 6 aromatic carbocycles. The van der Waals surface area contributed by atoms with Gasteiger partial charge in [0.2, 0.25) is 0 Å². The molecule has 301 valence electrons. The Bertz CT molecular complexity index is 3620. The molecule has 3 heterocycles. The third-order valence-corrected chi connectivity index (χ3v) is 10.2. The molecule has 9 aromatic rings. The summed E-state index contributed by atoms with van der Waals surface area (Å²) in [6.45, 7) is -9.06. The van der Waals surface area contributed by atoms with E-state index in [2.05, 4.69) is 22.1 Å². The summed E-state index contributed by atoms with van der Waals surface area (Å²) in [6.07, 6.45) is 2.44. The molecule has 3 aromatic heterocycles. The van der Waals surface area contributed by atoms with Gasteiger partial charge in [-0.3, -0.25) is 0 Å². The summed E-state index contributed by atoms with van der Waals surface area (Å²) in [6, 6.07) is 41.0. The van der Waals surface area contributed by atoms with Crippen molar-refractivity contribution in [1.82, 2.24) is 9.97 Å². The average Bonchev–Trinajstić information content (AvgIpc) is 3.87. The fraction of sp³-hybridized carbons (Fsp3) is 0.179. The minimum atomic E-state index is -2.78. The summed E-state index contributed by atoms with van der Waals surface area (Å²) in [5.74, 6) is 0. The minimum absolute atomic E-state index is 0. The van der Waals surface area contributed by atoms with Crippen LogP contribution in [0.25, 0.3) is 77.8 Å². The topological polar surface area (TPSA) is 38.9 Å². The van der Waals surface area contributed by atoms with Gasteiger partial charge in [-0.15, -0.1) is 47.5 Å². The van der Waals surface area contributed by atoms with E-state index >= 15 is 0 Å². The number of para-hydroxylation sites is 1. The number of nitrogens with zero attached hydrogens (tertiary/aromatic N) is 2. The number of fused-ring (bicyclic) bond motifs is 3. The Morgan fingerprint density at radius 2 is 1.22 bits per heavy atom. The number of benzene rings is 6. The van der Waals surface area contributed by atoms with Crippen molar-refractivity contribution in [3.8, 4) is 55.9 Å². The number of aryl methyl sites for hydroxylation is 6. The van der Waals surface area contributed by atoms with Crippen molar-refractivity contribution in [2.24, 2.45) is 0 Å². The Morgan fingerprint density at radius 1 is 0.533 bits per heavy atom. The van der Waals surface area contributed by atoms with Gasteiger partial charge in [0.25, 0.3) is 0 Å². The second-order valence-electron chi connectivity index (χ2n) is 15.2. The van der Waals surface area contributed by atoms with Gasteiger partial charge in [0, 0.05) is 62.6 Å². The molecule has 0 amide bonds. The molecule has 4 heteroatoms. The first kappa shape index (κ1) is 25.0. The van der Waals surface area contributed by atoms with E-state index < -0.39 is 41.1 Å². The summed E-state index contributed by atoms with van der Waals surface area (Å²) < 4.78 is 152. The van der Waals surface area contributed by atoms with Gasteiger partial charge >= 0.3 is 0 Å². The molecule has 3 nitrogen and oxygen atoms in total. The molecule has 0 saturated carbocycles. The molecule has 9 rings (SSSR count). The van der Waals surface area contributed by atoms with Gasteiger partial charge in [0.15, 0.2) is 0 Å². The second kappa shape index (κ2) is 17.3. The summed E-state index contributed by atoms with van der Waals surface area (Å²) >= 11 is 0. The van der Waals surface area contributed by atoms with Gasteiger partial charge in [0.1, 0.15) is 5.58 Å². The largest absolute Gasteiger partial charge is 0.500 e. The van der Waals surface area contributed by atoms with E-state index in [0.717, 1.165) is 17.3 Å². The van der Waals surface area contributed by atoms with Crippen molar-refractivity contribution in [2.45, 2.75) is 67.3 Å². The Morgan fingerprint density at radius 3 is 1.93 bits per heavy atom. The maximum atomic E-state index is 8.52. The molecule has 0 aliphatic rings. The number of furan rings is 1. The average molecular weight is 977 g/mol. The van der Waals surface area contributed by atoms with Crippen LogP contribution in [0.2, 0.25) is 0 Å². The number of rotatable bonds is 5. The molecule has 60 heavy (non-hydrogen) atoms. The van der Waals surface area contributed by atoms with Crippen LogP contribution in [-0.4, -0.2) is 9.97 Å². The number of hydrogen-bond acceptors (Lipinski definition) is 3. The molecule has 0 aliphatic heterocycles. The van der Waals surface area contributed by atoms with Gasteiger partial charge < -0.3 is 14.4 Å². The molecule has 1 radical (unpaired) electrons. The first-order chi connectivity index (χ1) is 35.6. The Labute approximate surface area is 394 Å². The molecule has 0 saturated heterocycles. The number of aromatic nitrogens is 2. The minimum Gasteiger partial charge on any atom is -0.500 e. The maximum Gasteiger partial charge on any atom is 0.123 e. The molecular formula is C56H50IrN2O-2. The summed E-state index contributed by atoms with van der Waals surface area (Å²) in [5, 5.41) is 1.12. The Kier molecular flexibility index (Phi) is 7.22. The predicted octanol–water partition coefficient (Wildman–Crippen LogP) is 15.1. The van der Waals surface area contributed by atoms with Crippen LogP contribution >= 0.6 is 0 Å². The van der Waals surface area contributed by atoms with Crippen molar-refractivity contribution in [2.75, 3.05) is 0 Å². The quantitative estimate of drug-likeness (QED) is 0.161. The van der Waals surface area contributed by atoms with Crippen LogP contribution in [0.15, 0.2) is 144 Å². The van der Waals surface area contributed by atoms with Gasteiger partial charge in [-0.2, -0.15) is 0 Å². The van der Waals surface area contributed by atoms with Crippen molar-refractivity contribution in [3.63, 3.8) is 0 Å². The molecule has 0 spiro atoms. The van der Waals surface area contributed by atoms with Crippen LogP contribution < -0.4 is 0 Å². The molecule has 0 atom stereocenters. The van der Waals surface area contributed by atoms with E-state index in [9.17, 15) is 0 Å². The van der Waals surface area contributed by atoms with Crippen LogP contribution in [0.5, 0.6) is 0 Å². The Balaban J connectivity index is 0.000000274. The zero-order valence-corrected chi connectivity index (χ0v) is 35.3. The molecule has 0 unspecified atom stereocenters.